The fraction of sp³-hybridized carbons (Fsp3) is 0.457. The van der Waals surface area contributed by atoms with Crippen molar-refractivity contribution >= 4 is 23.3 Å². The molecule has 3 aromatic carbocycles. The zero-order chi connectivity index (χ0) is 31.8. The molecule has 1 N–H and O–H groups in total. The second kappa shape index (κ2) is 12.3. The molecule has 1 saturated carbocycles. The molecule has 3 aliphatic rings. The normalized spacial score (nSPS) is 25.1. The summed E-state index contributed by atoms with van der Waals surface area (Å²) >= 11 is 6.25. The minimum absolute atomic E-state index is 0.0523. The Kier molecular flexibility index (Phi) is 8.61. The fourth-order valence-electron chi connectivity index (χ4n) is 7.53. The number of fused-ring (bicyclic) bond motifs is 3. The van der Waals surface area contributed by atoms with Crippen LogP contribution in [0.5, 0.6) is 17.2 Å². The Morgan fingerprint density at radius 1 is 1.02 bits per heavy atom. The van der Waals surface area contributed by atoms with Crippen molar-refractivity contribution in [2.24, 2.45) is 11.8 Å². The number of ether oxygens (including phenoxy) is 5. The first-order chi connectivity index (χ1) is 21.5. The minimum atomic E-state index is -3.69. The van der Waals surface area contributed by atoms with Crippen LogP contribution in [0.1, 0.15) is 55.7 Å². The molecule has 1 fully saturated rings. The standard InChI is InChI=1S/C35H38ClF2NO6/c1-22(20-43-21-23-7-9-28(41-2)10-8-23)15-25-16-24-17-30-31(45-35(37,38)44-30)19-29(24)33(25)11-13-34(14-12-33,32(40)42-3)39-27-6-4-5-26(36)18-27/h4-10,17-19,22,25,39H,11-16,20-21H2,1-3H3/t22-,25?,33?,34?/m1/s1. The van der Waals surface area contributed by atoms with Crippen LogP contribution >= 0.6 is 11.6 Å². The molecule has 1 heterocycles. The minimum Gasteiger partial charge on any atom is -0.497 e. The Bertz CT molecular complexity index is 1540. The quantitative estimate of drug-likeness (QED) is 0.225. The Labute approximate surface area is 267 Å². The lowest BCUT2D eigenvalue weighted by Crippen LogP contribution is -2.53. The van der Waals surface area contributed by atoms with Gasteiger partial charge in [-0.25, -0.2) is 4.79 Å². The number of halogens is 3. The van der Waals surface area contributed by atoms with E-state index in [1.807, 2.05) is 36.4 Å². The zero-order valence-electron chi connectivity index (χ0n) is 25.7. The molecular formula is C35H38ClF2NO6. The lowest BCUT2D eigenvalue weighted by molar-refractivity contribution is -0.286. The summed E-state index contributed by atoms with van der Waals surface area (Å²) in [6, 6.07) is 18.6. The van der Waals surface area contributed by atoms with Crippen molar-refractivity contribution in [3.05, 3.63) is 82.4 Å². The van der Waals surface area contributed by atoms with Crippen LogP contribution in [0.25, 0.3) is 0 Å². The van der Waals surface area contributed by atoms with Gasteiger partial charge in [0, 0.05) is 17.3 Å². The van der Waals surface area contributed by atoms with Crippen LogP contribution in [0.15, 0.2) is 60.7 Å². The molecule has 0 radical (unpaired) electrons. The average Bonchev–Trinajstić information content (AvgIpc) is 3.47. The van der Waals surface area contributed by atoms with Crippen LogP contribution < -0.4 is 19.5 Å². The molecule has 240 valence electrons. The summed E-state index contributed by atoms with van der Waals surface area (Å²) in [5, 5.41) is 4.01. The predicted molar refractivity (Wildman–Crippen MR) is 166 cm³/mol. The third-order valence-electron chi connectivity index (χ3n) is 9.71. The highest BCUT2D eigenvalue weighted by Gasteiger charge is 2.55. The number of nitrogens with one attached hydrogen (secondary N) is 1. The van der Waals surface area contributed by atoms with Crippen molar-refractivity contribution in [3.63, 3.8) is 0 Å². The van der Waals surface area contributed by atoms with E-state index in [4.69, 9.17) is 35.3 Å². The molecule has 2 aliphatic carbocycles. The number of benzene rings is 3. The maximum atomic E-state index is 14.0. The van der Waals surface area contributed by atoms with Crippen molar-refractivity contribution < 1.29 is 37.3 Å². The number of hydrogen-bond donors (Lipinski definition) is 1. The fourth-order valence-corrected chi connectivity index (χ4v) is 7.72. The molecule has 0 saturated heterocycles. The molecule has 10 heteroatoms. The van der Waals surface area contributed by atoms with Crippen LogP contribution in [-0.2, 0) is 32.7 Å². The van der Waals surface area contributed by atoms with Gasteiger partial charge in [-0.1, -0.05) is 36.7 Å². The van der Waals surface area contributed by atoms with Crippen molar-refractivity contribution in [1.29, 1.82) is 0 Å². The van der Waals surface area contributed by atoms with Gasteiger partial charge in [0.1, 0.15) is 11.3 Å². The first-order valence-electron chi connectivity index (χ1n) is 15.3. The molecular weight excluding hydrogens is 604 g/mol. The number of hydrogen-bond acceptors (Lipinski definition) is 7. The Morgan fingerprint density at radius 3 is 2.40 bits per heavy atom. The Morgan fingerprint density at radius 2 is 1.73 bits per heavy atom. The number of carbonyl (C=O) groups is 1. The van der Waals surface area contributed by atoms with E-state index in [1.54, 1.807) is 31.4 Å². The Hall–Kier alpha value is -3.56. The van der Waals surface area contributed by atoms with Gasteiger partial charge in [-0.15, -0.1) is 8.78 Å². The molecule has 6 rings (SSSR count). The van der Waals surface area contributed by atoms with E-state index in [9.17, 15) is 13.6 Å². The van der Waals surface area contributed by atoms with Gasteiger partial charge in [0.15, 0.2) is 11.5 Å². The van der Waals surface area contributed by atoms with E-state index in [-0.39, 0.29) is 34.7 Å². The van der Waals surface area contributed by atoms with Crippen LogP contribution in [0.4, 0.5) is 14.5 Å². The van der Waals surface area contributed by atoms with Gasteiger partial charge in [-0.05, 0) is 115 Å². The monoisotopic (exact) mass is 641 g/mol. The number of esters is 1. The summed E-state index contributed by atoms with van der Waals surface area (Å²) in [6.45, 7) is 3.25. The van der Waals surface area contributed by atoms with Gasteiger partial charge in [-0.3, -0.25) is 0 Å². The summed E-state index contributed by atoms with van der Waals surface area (Å²) in [4.78, 5) is 13.3. The molecule has 1 spiro atoms. The first-order valence-corrected chi connectivity index (χ1v) is 15.7. The largest absolute Gasteiger partial charge is 0.586 e. The van der Waals surface area contributed by atoms with Crippen LogP contribution in [0, 0.1) is 11.8 Å². The molecule has 1 unspecified atom stereocenters. The highest BCUT2D eigenvalue weighted by atomic mass is 35.5. The SMILES string of the molecule is COC(=O)C1(Nc2cccc(Cl)c2)CCC2(CC1)c1cc3c(cc1CC2C[C@@H](C)COCc1ccc(OC)cc1)OC(F)(F)O3. The summed E-state index contributed by atoms with van der Waals surface area (Å²) in [7, 11) is 3.04. The number of carbonyl (C=O) groups excluding carboxylic acids is 1. The van der Waals surface area contributed by atoms with E-state index in [1.165, 1.54) is 7.11 Å². The van der Waals surface area contributed by atoms with E-state index in [0.29, 0.717) is 50.3 Å². The van der Waals surface area contributed by atoms with Gasteiger partial charge >= 0.3 is 12.3 Å². The topological polar surface area (TPSA) is 75.3 Å². The van der Waals surface area contributed by atoms with Gasteiger partial charge in [-0.2, -0.15) is 0 Å². The molecule has 0 bridgehead atoms. The lowest BCUT2D eigenvalue weighted by atomic mass is 9.59. The van der Waals surface area contributed by atoms with Gasteiger partial charge in [0.25, 0.3) is 0 Å². The number of rotatable bonds is 10. The van der Waals surface area contributed by atoms with Crippen molar-refractivity contribution in [2.45, 2.75) is 69.3 Å². The third-order valence-corrected chi connectivity index (χ3v) is 9.94. The average molecular weight is 642 g/mol. The smallest absolute Gasteiger partial charge is 0.497 e. The first kappa shape index (κ1) is 31.4. The van der Waals surface area contributed by atoms with Gasteiger partial charge in [0.05, 0.1) is 20.8 Å². The van der Waals surface area contributed by atoms with Crippen molar-refractivity contribution in [3.8, 4) is 17.2 Å². The highest BCUT2D eigenvalue weighted by Crippen LogP contribution is 2.58. The Balaban J connectivity index is 1.23. The lowest BCUT2D eigenvalue weighted by Gasteiger charge is -2.47. The van der Waals surface area contributed by atoms with E-state index in [0.717, 1.165) is 34.5 Å². The summed E-state index contributed by atoms with van der Waals surface area (Å²) < 4.78 is 54.4. The molecule has 3 aromatic rings. The van der Waals surface area contributed by atoms with E-state index < -0.39 is 11.8 Å². The second-order valence-electron chi connectivity index (χ2n) is 12.6. The second-order valence-corrected chi connectivity index (χ2v) is 13.0. The van der Waals surface area contributed by atoms with Crippen molar-refractivity contribution in [1.82, 2.24) is 0 Å². The predicted octanol–water partition coefficient (Wildman–Crippen LogP) is 7.92. The zero-order valence-corrected chi connectivity index (χ0v) is 26.4. The number of anilines is 1. The number of methoxy groups -OCH3 is 2. The maximum Gasteiger partial charge on any atom is 0.586 e. The summed E-state index contributed by atoms with van der Waals surface area (Å²) in [6.07, 6.45) is 0.197. The molecule has 0 aromatic heterocycles. The van der Waals surface area contributed by atoms with Gasteiger partial charge in [0.2, 0.25) is 0 Å². The summed E-state index contributed by atoms with van der Waals surface area (Å²) in [5.74, 6) is 1.02. The molecule has 45 heavy (non-hydrogen) atoms. The highest BCUT2D eigenvalue weighted by molar-refractivity contribution is 6.30. The maximum absolute atomic E-state index is 14.0. The molecule has 1 aliphatic heterocycles. The van der Waals surface area contributed by atoms with Crippen LogP contribution in [-0.4, -0.2) is 38.6 Å². The van der Waals surface area contributed by atoms with E-state index in [2.05, 4.69) is 12.2 Å². The van der Waals surface area contributed by atoms with E-state index >= 15 is 0 Å². The summed E-state index contributed by atoms with van der Waals surface area (Å²) in [5.41, 5.74) is 2.50. The molecule has 2 atom stereocenters. The van der Waals surface area contributed by atoms with Gasteiger partial charge < -0.3 is 29.0 Å². The molecule has 7 nitrogen and oxygen atoms in total. The van der Waals surface area contributed by atoms with Crippen LogP contribution in [0.3, 0.4) is 0 Å². The third kappa shape index (κ3) is 6.29. The number of alkyl halides is 2. The van der Waals surface area contributed by atoms with Crippen molar-refractivity contribution in [2.75, 3.05) is 26.1 Å². The van der Waals surface area contributed by atoms with Crippen LogP contribution in [0.2, 0.25) is 5.02 Å². The molecule has 0 amide bonds.